The Morgan fingerprint density at radius 3 is 2.54 bits per heavy atom. The highest BCUT2D eigenvalue weighted by Crippen LogP contribution is 2.43. The monoisotopic (exact) mass is 392 g/mol. The molecule has 1 saturated heterocycles. The van der Waals surface area contributed by atoms with Crippen LogP contribution in [-0.2, 0) is 9.59 Å². The molecule has 0 aliphatic carbocycles. The first-order valence-corrected chi connectivity index (χ1v) is 9.93. The van der Waals surface area contributed by atoms with Crippen molar-refractivity contribution in [2.24, 2.45) is 5.92 Å². The highest BCUT2D eigenvalue weighted by atomic mass is 32.1. The number of nitrogens with one attached hydrogen (secondary N) is 1. The highest BCUT2D eigenvalue weighted by Gasteiger charge is 2.45. The molecule has 2 unspecified atom stereocenters. The lowest BCUT2D eigenvalue weighted by molar-refractivity contribution is -0.122. The lowest BCUT2D eigenvalue weighted by atomic mass is 9.97. The lowest BCUT2D eigenvalue weighted by Gasteiger charge is -2.27. The summed E-state index contributed by atoms with van der Waals surface area (Å²) < 4.78 is 0. The first kappa shape index (κ1) is 18.3. The summed E-state index contributed by atoms with van der Waals surface area (Å²) in [5.74, 6) is -0.905. The van der Waals surface area contributed by atoms with E-state index in [0.717, 1.165) is 16.1 Å². The quantitative estimate of drug-likeness (QED) is 0.643. The van der Waals surface area contributed by atoms with Crippen LogP contribution < -0.4 is 10.2 Å². The average Bonchev–Trinajstić information content (AvgIpc) is 3.32. The van der Waals surface area contributed by atoms with E-state index < -0.39 is 5.92 Å². The lowest BCUT2D eigenvalue weighted by Crippen LogP contribution is -2.32. The van der Waals surface area contributed by atoms with E-state index in [4.69, 9.17) is 0 Å². The zero-order chi connectivity index (χ0) is 19.7. The first-order chi connectivity index (χ1) is 13.5. The molecule has 28 heavy (non-hydrogen) atoms. The third kappa shape index (κ3) is 3.39. The van der Waals surface area contributed by atoms with E-state index in [1.165, 1.54) is 17.4 Å². The fourth-order valence-corrected chi connectivity index (χ4v) is 4.45. The minimum absolute atomic E-state index is 0.00300. The van der Waals surface area contributed by atoms with Crippen LogP contribution in [0.2, 0.25) is 0 Å². The van der Waals surface area contributed by atoms with Gasteiger partial charge in [-0.25, -0.2) is 0 Å². The summed E-state index contributed by atoms with van der Waals surface area (Å²) in [5, 5.41) is 14.7. The van der Waals surface area contributed by atoms with Crippen molar-refractivity contribution in [2.75, 3.05) is 10.2 Å². The summed E-state index contributed by atoms with van der Waals surface area (Å²) in [6, 6.07) is 17.8. The number of hydrogen-bond donors (Lipinski definition) is 2. The Morgan fingerprint density at radius 2 is 1.86 bits per heavy atom. The van der Waals surface area contributed by atoms with Crippen LogP contribution in [-0.4, -0.2) is 16.9 Å². The molecule has 2 N–H and O–H groups in total. The molecule has 0 bridgehead atoms. The topological polar surface area (TPSA) is 69.6 Å². The van der Waals surface area contributed by atoms with E-state index in [-0.39, 0.29) is 30.0 Å². The molecule has 6 heteroatoms. The number of para-hydroxylation sites is 2. The van der Waals surface area contributed by atoms with Gasteiger partial charge in [0, 0.05) is 17.0 Å². The largest absolute Gasteiger partial charge is 0.506 e. The molecule has 2 aromatic carbocycles. The maximum absolute atomic E-state index is 13.1. The summed E-state index contributed by atoms with van der Waals surface area (Å²) in [6.45, 7) is 1.99. The summed E-state index contributed by atoms with van der Waals surface area (Å²) in [6.07, 6.45) is 0.121. The van der Waals surface area contributed by atoms with Crippen molar-refractivity contribution < 1.29 is 14.7 Å². The number of benzene rings is 2. The van der Waals surface area contributed by atoms with Crippen molar-refractivity contribution in [1.82, 2.24) is 0 Å². The summed E-state index contributed by atoms with van der Waals surface area (Å²) >= 11 is 1.53. The second kappa shape index (κ2) is 7.48. The molecular formula is C22H20N2O3S. The first-order valence-electron chi connectivity index (χ1n) is 9.05. The highest BCUT2D eigenvalue weighted by molar-refractivity contribution is 7.10. The van der Waals surface area contributed by atoms with Gasteiger partial charge in [-0.15, -0.1) is 11.3 Å². The van der Waals surface area contributed by atoms with Crippen LogP contribution in [0, 0.1) is 12.8 Å². The van der Waals surface area contributed by atoms with Crippen molar-refractivity contribution in [1.29, 1.82) is 0 Å². The zero-order valence-electron chi connectivity index (χ0n) is 15.3. The molecular weight excluding hydrogens is 372 g/mol. The van der Waals surface area contributed by atoms with Crippen molar-refractivity contribution in [2.45, 2.75) is 19.4 Å². The number of aromatic hydroxyl groups is 1. The Morgan fingerprint density at radius 1 is 1.11 bits per heavy atom. The summed E-state index contributed by atoms with van der Waals surface area (Å²) in [7, 11) is 0. The van der Waals surface area contributed by atoms with E-state index in [2.05, 4.69) is 5.32 Å². The number of phenolic OH excluding ortho intramolecular Hbond substituents is 1. The van der Waals surface area contributed by atoms with Gasteiger partial charge in [-0.1, -0.05) is 35.9 Å². The van der Waals surface area contributed by atoms with Gasteiger partial charge >= 0.3 is 0 Å². The molecule has 0 radical (unpaired) electrons. The fraction of sp³-hybridized carbons (Fsp3) is 0.182. The van der Waals surface area contributed by atoms with Gasteiger partial charge in [0.05, 0.1) is 17.6 Å². The summed E-state index contributed by atoms with van der Waals surface area (Å²) in [5.41, 5.74) is 2.24. The number of hydrogen-bond acceptors (Lipinski definition) is 4. The molecule has 2 heterocycles. The smallest absolute Gasteiger partial charge is 0.230 e. The van der Waals surface area contributed by atoms with Crippen molar-refractivity contribution in [3.63, 3.8) is 0 Å². The van der Waals surface area contributed by atoms with Crippen molar-refractivity contribution >= 4 is 34.5 Å². The number of carbonyl (C=O) groups is 2. The predicted molar refractivity (Wildman–Crippen MR) is 111 cm³/mol. The molecule has 0 saturated carbocycles. The Kier molecular flexibility index (Phi) is 4.88. The van der Waals surface area contributed by atoms with Crippen LogP contribution in [0.25, 0.3) is 0 Å². The van der Waals surface area contributed by atoms with E-state index in [0.29, 0.717) is 5.69 Å². The molecule has 4 rings (SSSR count). The number of amides is 2. The molecule has 1 aliphatic rings. The van der Waals surface area contributed by atoms with Crippen molar-refractivity contribution in [3.8, 4) is 5.75 Å². The Bertz CT molecular complexity index is 999. The van der Waals surface area contributed by atoms with Gasteiger partial charge in [0.25, 0.3) is 0 Å². The van der Waals surface area contributed by atoms with E-state index >= 15 is 0 Å². The third-order valence-electron chi connectivity index (χ3n) is 4.97. The maximum Gasteiger partial charge on any atom is 0.230 e. The van der Waals surface area contributed by atoms with Gasteiger partial charge in [-0.3, -0.25) is 9.59 Å². The van der Waals surface area contributed by atoms with Crippen LogP contribution in [0.4, 0.5) is 11.4 Å². The molecule has 3 aromatic rings. The number of carbonyl (C=O) groups excluding carboxylic acids is 2. The summed E-state index contributed by atoms with van der Waals surface area (Å²) in [4.78, 5) is 28.6. The second-order valence-corrected chi connectivity index (χ2v) is 7.86. The SMILES string of the molecule is Cc1ccc(N2C(=O)CC(C(=O)Nc3ccccc3O)C2c2cccs2)cc1. The van der Waals surface area contributed by atoms with Crippen LogP contribution in [0.15, 0.2) is 66.0 Å². The second-order valence-electron chi connectivity index (χ2n) is 6.88. The Hall–Kier alpha value is -3.12. The van der Waals surface area contributed by atoms with Gasteiger partial charge < -0.3 is 15.3 Å². The molecule has 5 nitrogen and oxygen atoms in total. The fourth-order valence-electron chi connectivity index (χ4n) is 3.57. The van der Waals surface area contributed by atoms with E-state index in [9.17, 15) is 14.7 Å². The van der Waals surface area contributed by atoms with Gasteiger partial charge in [0.2, 0.25) is 11.8 Å². The minimum Gasteiger partial charge on any atom is -0.506 e. The number of anilines is 2. The molecule has 2 atom stereocenters. The molecule has 2 amide bonds. The Balaban J connectivity index is 1.68. The standard InChI is InChI=1S/C22H20N2O3S/c1-14-8-10-15(11-9-14)24-20(26)13-16(21(24)19-7-4-12-28-19)22(27)23-17-5-2-3-6-18(17)25/h2-12,16,21,25H,13H2,1H3,(H,23,27). The maximum atomic E-state index is 13.1. The number of nitrogens with zero attached hydrogens (tertiary/aromatic N) is 1. The molecule has 142 valence electrons. The minimum atomic E-state index is -0.549. The number of phenols is 1. The van der Waals surface area contributed by atoms with Gasteiger partial charge in [0.1, 0.15) is 5.75 Å². The number of aryl methyl sites for hydroxylation is 1. The van der Waals surface area contributed by atoms with Crippen LogP contribution in [0.1, 0.15) is 22.9 Å². The third-order valence-corrected chi connectivity index (χ3v) is 5.91. The van der Waals surface area contributed by atoms with Crippen LogP contribution >= 0.6 is 11.3 Å². The van der Waals surface area contributed by atoms with E-state index in [1.807, 2.05) is 48.7 Å². The van der Waals surface area contributed by atoms with Crippen molar-refractivity contribution in [3.05, 3.63) is 76.5 Å². The van der Waals surface area contributed by atoms with E-state index in [1.54, 1.807) is 23.1 Å². The van der Waals surface area contributed by atoms with Gasteiger partial charge in [-0.2, -0.15) is 0 Å². The number of thiophene rings is 1. The normalized spacial score (nSPS) is 19.0. The average molecular weight is 392 g/mol. The molecule has 1 aliphatic heterocycles. The predicted octanol–water partition coefficient (Wildman–Crippen LogP) is 4.50. The molecule has 1 aromatic heterocycles. The Labute approximate surface area is 167 Å². The number of rotatable bonds is 4. The zero-order valence-corrected chi connectivity index (χ0v) is 16.1. The van der Waals surface area contributed by atoms with Crippen LogP contribution in [0.3, 0.4) is 0 Å². The molecule has 1 fully saturated rings. The molecule has 0 spiro atoms. The van der Waals surface area contributed by atoms with Crippen LogP contribution in [0.5, 0.6) is 5.75 Å². The van der Waals surface area contributed by atoms with Gasteiger partial charge in [-0.05, 0) is 42.6 Å². The van der Waals surface area contributed by atoms with Gasteiger partial charge in [0.15, 0.2) is 0 Å².